The molecule has 3 heterocycles. The van der Waals surface area contributed by atoms with Crippen molar-refractivity contribution < 1.29 is 69.5 Å². The standard InChI is InChI=1S/2C18H19NO6S.C11H13NO3/c1-23-15-5-7-16(8-6-15)26(21,22)19-9-10-25-17-11-13(18(20)24-2)3-4-14(17)12-19;1-24-15-4-6-16(7-5-15)26(22,23)19-8-9-25-18-10-13(17(21)12-20)2-3-14(18)11-19;1-14-11(13)8-2-3-9-7-12-4-5-15-10(9)6-8/h3-8,11H,9-10,12H2,1-2H3;2-7,10,20H,8-9,11-12H2,1H3;2-3,6,12H,4-5,7H2,1H3. The Morgan fingerprint density at radius 1 is 0.567 bits per heavy atom. The number of fused-ring (bicyclic) bond motifs is 3. The Kier molecular flexibility index (Phi) is 16.9. The number of benzene rings is 5. The molecule has 0 atom stereocenters. The van der Waals surface area contributed by atoms with Crippen LogP contribution in [0.4, 0.5) is 0 Å². The summed E-state index contributed by atoms with van der Waals surface area (Å²) in [6.07, 6.45) is 0. The van der Waals surface area contributed by atoms with Crippen molar-refractivity contribution in [3.63, 3.8) is 0 Å². The van der Waals surface area contributed by atoms with Crippen molar-refractivity contribution in [3.8, 4) is 28.7 Å². The lowest BCUT2D eigenvalue weighted by Crippen LogP contribution is -2.32. The van der Waals surface area contributed by atoms with Gasteiger partial charge >= 0.3 is 11.9 Å². The maximum Gasteiger partial charge on any atom is 0.337 e. The van der Waals surface area contributed by atoms with Crippen molar-refractivity contribution in [3.05, 3.63) is 137 Å². The number of sulfonamides is 2. The summed E-state index contributed by atoms with van der Waals surface area (Å²) in [6.45, 7) is 2.67. The van der Waals surface area contributed by atoms with Crippen molar-refractivity contribution in [2.75, 3.05) is 74.5 Å². The normalized spacial score (nSPS) is 14.8. The fourth-order valence-corrected chi connectivity index (χ4v) is 9.75. The van der Waals surface area contributed by atoms with E-state index in [1.807, 2.05) is 6.07 Å². The minimum atomic E-state index is -3.69. The van der Waals surface area contributed by atoms with Gasteiger partial charge in [0.25, 0.3) is 0 Å². The van der Waals surface area contributed by atoms with Gasteiger partial charge in [-0.15, -0.1) is 0 Å². The van der Waals surface area contributed by atoms with E-state index in [1.54, 1.807) is 66.7 Å². The quantitative estimate of drug-likeness (QED) is 0.146. The number of ether oxygens (including phenoxy) is 7. The molecule has 0 bridgehead atoms. The molecule has 356 valence electrons. The topological polar surface area (TPSA) is 223 Å². The minimum Gasteiger partial charge on any atom is -0.497 e. The zero-order valence-corrected chi connectivity index (χ0v) is 38.9. The molecular weight excluding hydrogens is 911 g/mol. The zero-order chi connectivity index (χ0) is 48.1. The fraction of sp³-hybridized carbons (Fsp3) is 0.298. The number of aliphatic hydroxyl groups excluding tert-OH is 1. The van der Waals surface area contributed by atoms with Crippen molar-refractivity contribution in [2.45, 2.75) is 29.4 Å². The highest BCUT2D eigenvalue weighted by Gasteiger charge is 2.30. The van der Waals surface area contributed by atoms with E-state index in [2.05, 4.69) is 10.1 Å². The molecule has 0 spiro atoms. The first kappa shape index (κ1) is 49.9. The van der Waals surface area contributed by atoms with Crippen LogP contribution in [-0.4, -0.2) is 123 Å². The summed E-state index contributed by atoms with van der Waals surface area (Å²) in [5.41, 5.74) is 3.63. The van der Waals surface area contributed by atoms with Gasteiger partial charge in [0.05, 0.1) is 49.4 Å². The predicted octanol–water partition coefficient (Wildman–Crippen LogP) is 4.47. The number of methoxy groups -OCH3 is 4. The Labute approximate surface area is 389 Å². The van der Waals surface area contributed by atoms with E-state index in [-0.39, 0.29) is 55.2 Å². The molecule has 67 heavy (non-hydrogen) atoms. The number of carbonyl (C=O) groups is 3. The number of nitrogens with one attached hydrogen (secondary N) is 1. The van der Waals surface area contributed by atoms with Gasteiger partial charge in [0.2, 0.25) is 20.0 Å². The molecule has 0 fully saturated rings. The van der Waals surface area contributed by atoms with Crippen LogP contribution in [0.15, 0.2) is 113 Å². The second kappa shape index (κ2) is 22.8. The maximum absolute atomic E-state index is 12.9. The van der Waals surface area contributed by atoms with Crippen LogP contribution in [0.5, 0.6) is 28.7 Å². The lowest BCUT2D eigenvalue weighted by molar-refractivity contribution is 0.0591. The molecule has 0 radical (unpaired) electrons. The molecule has 3 aliphatic rings. The van der Waals surface area contributed by atoms with Crippen LogP contribution in [0.1, 0.15) is 47.8 Å². The van der Waals surface area contributed by atoms with Gasteiger partial charge in [-0.3, -0.25) is 4.79 Å². The van der Waals surface area contributed by atoms with Gasteiger partial charge in [0, 0.05) is 61.5 Å². The van der Waals surface area contributed by atoms with Gasteiger partial charge in [-0.1, -0.05) is 24.3 Å². The first-order chi connectivity index (χ1) is 32.2. The smallest absolute Gasteiger partial charge is 0.337 e. The van der Waals surface area contributed by atoms with Crippen molar-refractivity contribution in [2.24, 2.45) is 0 Å². The van der Waals surface area contributed by atoms with Crippen LogP contribution in [-0.2, 0) is 49.2 Å². The third kappa shape index (κ3) is 12.3. The number of carbonyl (C=O) groups excluding carboxylic acids is 3. The Balaban J connectivity index is 0.000000172. The van der Waals surface area contributed by atoms with Crippen molar-refractivity contribution in [1.29, 1.82) is 0 Å². The molecule has 18 nitrogen and oxygen atoms in total. The lowest BCUT2D eigenvalue weighted by Gasteiger charge is -2.19. The van der Waals surface area contributed by atoms with Crippen LogP contribution >= 0.6 is 0 Å². The van der Waals surface area contributed by atoms with Crippen LogP contribution in [0.2, 0.25) is 0 Å². The molecule has 5 aromatic rings. The van der Waals surface area contributed by atoms with E-state index in [9.17, 15) is 31.2 Å². The molecule has 20 heteroatoms. The maximum atomic E-state index is 12.9. The Bertz CT molecular complexity index is 2610. The number of aliphatic hydroxyl groups is 1. The third-order valence-electron chi connectivity index (χ3n) is 10.6. The highest BCUT2D eigenvalue weighted by atomic mass is 32.2. The van der Waals surface area contributed by atoms with Crippen molar-refractivity contribution in [1.82, 2.24) is 13.9 Å². The highest BCUT2D eigenvalue weighted by molar-refractivity contribution is 7.89. The largest absolute Gasteiger partial charge is 0.497 e. The van der Waals surface area contributed by atoms with Gasteiger partial charge < -0.3 is 43.6 Å². The summed E-state index contributed by atoms with van der Waals surface area (Å²) in [5, 5.41) is 12.2. The molecule has 0 saturated heterocycles. The van der Waals surface area contributed by atoms with Gasteiger partial charge in [0.1, 0.15) is 55.2 Å². The van der Waals surface area contributed by atoms with Crippen LogP contribution in [0.3, 0.4) is 0 Å². The van der Waals surface area contributed by atoms with E-state index in [1.165, 1.54) is 67.4 Å². The van der Waals surface area contributed by atoms with E-state index >= 15 is 0 Å². The van der Waals surface area contributed by atoms with E-state index < -0.39 is 38.4 Å². The molecule has 0 amide bonds. The fourth-order valence-electron chi connectivity index (χ4n) is 6.94. The first-order valence-electron chi connectivity index (χ1n) is 20.8. The number of hydrogen-bond donors (Lipinski definition) is 2. The molecule has 0 aromatic heterocycles. The second-order valence-corrected chi connectivity index (χ2v) is 18.7. The van der Waals surface area contributed by atoms with Crippen LogP contribution in [0, 0.1) is 0 Å². The number of Topliss-reactive ketones (excluding diaryl/α,β-unsaturated/α-hetero) is 1. The number of nitrogens with zero attached hydrogens (tertiary/aromatic N) is 2. The van der Waals surface area contributed by atoms with E-state index in [0.717, 1.165) is 24.4 Å². The second-order valence-electron chi connectivity index (χ2n) is 14.8. The molecular formula is C47H51N3O15S2. The van der Waals surface area contributed by atoms with Gasteiger partial charge in [0.15, 0.2) is 5.78 Å². The van der Waals surface area contributed by atoms with Crippen LogP contribution < -0.4 is 29.0 Å². The number of esters is 2. The summed E-state index contributed by atoms with van der Waals surface area (Å²) in [5.74, 6) is 1.66. The number of ketones is 1. The average Bonchev–Trinajstić information content (AvgIpc) is 3.84. The molecule has 5 aromatic carbocycles. The van der Waals surface area contributed by atoms with Crippen molar-refractivity contribution >= 4 is 37.8 Å². The molecule has 3 aliphatic heterocycles. The summed E-state index contributed by atoms with van der Waals surface area (Å²) in [7, 11) is -1.66. The first-order valence-corrected chi connectivity index (χ1v) is 23.7. The predicted molar refractivity (Wildman–Crippen MR) is 243 cm³/mol. The SMILES string of the molecule is COC(=O)c1ccc2c(c1)OCCN(S(=O)(=O)c1ccc(OC)cc1)C2.COC(=O)c1ccc2c(c1)OCCNC2.COc1ccc(S(=O)(=O)N2CCOc3cc(C(=O)CO)ccc3C2)cc1. The highest BCUT2D eigenvalue weighted by Crippen LogP contribution is 2.31. The van der Waals surface area contributed by atoms with Crippen LogP contribution in [0.25, 0.3) is 0 Å². The Morgan fingerprint density at radius 2 is 0.970 bits per heavy atom. The summed E-state index contributed by atoms with van der Waals surface area (Å²) >= 11 is 0. The molecule has 8 rings (SSSR count). The monoisotopic (exact) mass is 961 g/mol. The van der Waals surface area contributed by atoms with E-state index in [4.69, 9.17) is 33.5 Å². The number of hydrogen-bond acceptors (Lipinski definition) is 16. The number of rotatable bonds is 10. The molecule has 0 aliphatic carbocycles. The molecule has 0 saturated carbocycles. The summed E-state index contributed by atoms with van der Waals surface area (Å²) < 4.78 is 90.6. The Hall–Kier alpha value is -6.55. The van der Waals surface area contributed by atoms with Gasteiger partial charge in [-0.25, -0.2) is 26.4 Å². The summed E-state index contributed by atoms with van der Waals surface area (Å²) in [4.78, 5) is 34.9. The molecule has 0 unspecified atom stereocenters. The van der Waals surface area contributed by atoms with E-state index in [0.29, 0.717) is 57.4 Å². The Morgan fingerprint density at radius 3 is 1.40 bits per heavy atom. The minimum absolute atomic E-state index is 0.136. The zero-order valence-electron chi connectivity index (χ0n) is 37.3. The van der Waals surface area contributed by atoms with Gasteiger partial charge in [-0.2, -0.15) is 8.61 Å². The molecule has 2 N–H and O–H groups in total. The average molecular weight is 962 g/mol. The van der Waals surface area contributed by atoms with Gasteiger partial charge in [-0.05, 0) is 78.9 Å². The third-order valence-corrected chi connectivity index (χ3v) is 14.4. The summed E-state index contributed by atoms with van der Waals surface area (Å²) in [6, 6.07) is 27.4. The lowest BCUT2D eigenvalue weighted by atomic mass is 10.1.